The molecule has 0 amide bonds. The number of rotatable bonds is 5. The van der Waals surface area contributed by atoms with Gasteiger partial charge in [0, 0.05) is 30.7 Å². The van der Waals surface area contributed by atoms with Crippen molar-refractivity contribution in [1.29, 1.82) is 0 Å². The van der Waals surface area contributed by atoms with Crippen molar-refractivity contribution in [3.63, 3.8) is 0 Å². The first-order valence-electron chi connectivity index (χ1n) is 10.8. The molecule has 4 fully saturated rings. The van der Waals surface area contributed by atoms with Gasteiger partial charge in [0.25, 0.3) is 0 Å². The summed E-state index contributed by atoms with van der Waals surface area (Å²) in [6.45, 7) is 3.59. The molecular formula is C20H32F3N3O2. The Morgan fingerprint density at radius 1 is 1.11 bits per heavy atom. The van der Waals surface area contributed by atoms with Crippen LogP contribution in [0.3, 0.4) is 0 Å². The minimum absolute atomic E-state index is 0.0322. The Kier molecular flexibility index (Phi) is 5.66. The van der Waals surface area contributed by atoms with Crippen molar-refractivity contribution in [2.75, 3.05) is 32.7 Å². The zero-order chi connectivity index (χ0) is 19.9. The summed E-state index contributed by atoms with van der Waals surface area (Å²) in [5, 5.41) is 12.6. The fraction of sp³-hybridized carbons (Fsp3) is 0.950. The van der Waals surface area contributed by atoms with Gasteiger partial charge in [0.05, 0.1) is 12.3 Å². The number of halogens is 3. The Labute approximate surface area is 164 Å². The van der Waals surface area contributed by atoms with E-state index in [1.54, 1.807) is 0 Å². The summed E-state index contributed by atoms with van der Waals surface area (Å²) in [5.41, 5.74) is 0.0322. The maximum absolute atomic E-state index is 12.6. The van der Waals surface area contributed by atoms with E-state index in [2.05, 4.69) is 15.1 Å². The van der Waals surface area contributed by atoms with E-state index < -0.39 is 18.6 Å². The van der Waals surface area contributed by atoms with Gasteiger partial charge in [-0.1, -0.05) is 0 Å². The molecule has 3 saturated heterocycles. The van der Waals surface area contributed by atoms with Gasteiger partial charge in [-0.3, -0.25) is 9.69 Å². The molecule has 4 rings (SSSR count). The minimum Gasteiger partial charge on any atom is -0.481 e. The van der Waals surface area contributed by atoms with Crippen LogP contribution in [0.2, 0.25) is 0 Å². The Balaban J connectivity index is 1.22. The van der Waals surface area contributed by atoms with Crippen LogP contribution in [0, 0.1) is 11.8 Å². The van der Waals surface area contributed by atoms with Crippen LogP contribution in [-0.4, -0.2) is 77.4 Å². The molecule has 4 aliphatic rings. The number of likely N-dealkylation sites (tertiary alicyclic amines) is 2. The normalized spacial score (nSPS) is 38.2. The number of piperidine rings is 1. The van der Waals surface area contributed by atoms with Gasteiger partial charge in [-0.2, -0.15) is 13.2 Å². The number of carboxylic acids is 1. The van der Waals surface area contributed by atoms with Crippen molar-refractivity contribution in [1.82, 2.24) is 15.1 Å². The molecular weight excluding hydrogens is 371 g/mol. The predicted molar refractivity (Wildman–Crippen MR) is 99.1 cm³/mol. The molecule has 5 nitrogen and oxygen atoms in total. The molecule has 0 aromatic rings. The van der Waals surface area contributed by atoms with Crippen LogP contribution in [0.4, 0.5) is 13.2 Å². The number of nitrogens with one attached hydrogen (secondary N) is 1. The zero-order valence-electron chi connectivity index (χ0n) is 16.4. The molecule has 0 bridgehead atoms. The van der Waals surface area contributed by atoms with Gasteiger partial charge in [-0.05, 0) is 70.5 Å². The van der Waals surface area contributed by atoms with E-state index in [-0.39, 0.29) is 18.0 Å². The maximum atomic E-state index is 12.6. The van der Waals surface area contributed by atoms with Crippen molar-refractivity contribution in [2.45, 2.75) is 75.2 Å². The van der Waals surface area contributed by atoms with E-state index in [1.807, 2.05) is 0 Å². The first-order valence-corrected chi connectivity index (χ1v) is 10.8. The average Bonchev–Trinajstić information content (AvgIpc) is 3.25. The van der Waals surface area contributed by atoms with Crippen LogP contribution in [0.25, 0.3) is 0 Å². The highest BCUT2D eigenvalue weighted by Crippen LogP contribution is 2.45. The monoisotopic (exact) mass is 403 g/mol. The standard InChI is InChI=1S/C20H32F3N3O2/c21-20(22,23)5-9-26-6-1-2-17(26)14-3-7-25(8-4-14)16-11-19(12-16)10-15(13-24-19)18(27)28/h14-17,24H,1-13H2,(H,27,28)/t15-,16?,17?,19?/m0/s1. The zero-order valence-corrected chi connectivity index (χ0v) is 16.4. The number of hydrogen-bond acceptors (Lipinski definition) is 4. The predicted octanol–water partition coefficient (Wildman–Crippen LogP) is 2.71. The highest BCUT2D eigenvalue weighted by Gasteiger charge is 2.52. The molecule has 1 unspecified atom stereocenters. The molecule has 2 atom stereocenters. The lowest BCUT2D eigenvalue weighted by Gasteiger charge is -2.52. The summed E-state index contributed by atoms with van der Waals surface area (Å²) in [6, 6.07) is 0.857. The number of carboxylic acid groups (broad SMARTS) is 1. The molecule has 0 aromatic carbocycles. The summed E-state index contributed by atoms with van der Waals surface area (Å²) in [7, 11) is 0. The lowest BCUT2D eigenvalue weighted by molar-refractivity contribution is -0.141. The second-order valence-electron chi connectivity index (χ2n) is 9.45. The molecule has 0 aromatic heterocycles. The number of carbonyl (C=O) groups is 1. The Morgan fingerprint density at radius 2 is 1.82 bits per heavy atom. The summed E-state index contributed by atoms with van der Waals surface area (Å²) in [6.07, 6.45) is 2.24. The molecule has 1 saturated carbocycles. The summed E-state index contributed by atoms with van der Waals surface area (Å²) in [5.74, 6) is -0.431. The third kappa shape index (κ3) is 4.33. The van der Waals surface area contributed by atoms with E-state index in [0.717, 1.165) is 64.6 Å². The molecule has 8 heteroatoms. The van der Waals surface area contributed by atoms with E-state index in [0.29, 0.717) is 24.5 Å². The van der Waals surface area contributed by atoms with Crippen molar-refractivity contribution in [3.8, 4) is 0 Å². The van der Waals surface area contributed by atoms with Gasteiger partial charge in [0.2, 0.25) is 0 Å². The minimum atomic E-state index is -4.06. The van der Waals surface area contributed by atoms with Crippen molar-refractivity contribution >= 4 is 5.97 Å². The molecule has 2 N–H and O–H groups in total. The topological polar surface area (TPSA) is 55.8 Å². The average molecular weight is 403 g/mol. The Morgan fingerprint density at radius 3 is 2.43 bits per heavy atom. The second-order valence-corrected chi connectivity index (χ2v) is 9.45. The fourth-order valence-electron chi connectivity index (χ4n) is 6.14. The van der Waals surface area contributed by atoms with Gasteiger partial charge in [-0.25, -0.2) is 0 Å². The van der Waals surface area contributed by atoms with E-state index in [1.165, 1.54) is 0 Å². The van der Waals surface area contributed by atoms with Gasteiger partial charge < -0.3 is 15.3 Å². The van der Waals surface area contributed by atoms with Crippen molar-refractivity contribution < 1.29 is 23.1 Å². The third-order valence-electron chi connectivity index (χ3n) is 7.69. The number of alkyl halides is 3. The summed E-state index contributed by atoms with van der Waals surface area (Å²) in [4.78, 5) is 15.8. The van der Waals surface area contributed by atoms with Crippen LogP contribution in [0.5, 0.6) is 0 Å². The maximum Gasteiger partial charge on any atom is 0.390 e. The van der Waals surface area contributed by atoms with Crippen LogP contribution in [0.1, 0.15) is 51.4 Å². The number of nitrogens with zero attached hydrogens (tertiary/aromatic N) is 2. The fourth-order valence-corrected chi connectivity index (χ4v) is 6.14. The van der Waals surface area contributed by atoms with E-state index >= 15 is 0 Å². The smallest absolute Gasteiger partial charge is 0.390 e. The molecule has 3 aliphatic heterocycles. The third-order valence-corrected chi connectivity index (χ3v) is 7.69. The lowest BCUT2D eigenvalue weighted by Crippen LogP contribution is -2.61. The molecule has 0 radical (unpaired) electrons. The Hall–Kier alpha value is -0.860. The number of aliphatic carboxylic acids is 1. The summed E-state index contributed by atoms with van der Waals surface area (Å²) >= 11 is 0. The second kappa shape index (κ2) is 7.76. The van der Waals surface area contributed by atoms with Crippen molar-refractivity contribution in [3.05, 3.63) is 0 Å². The van der Waals surface area contributed by atoms with Gasteiger partial charge in [0.15, 0.2) is 0 Å². The SMILES string of the molecule is O=C(O)[C@@H]1CNC2(CC(N3CCC(C4CCCN4CCC(F)(F)F)CC3)C2)C1. The molecule has 160 valence electrons. The van der Waals surface area contributed by atoms with E-state index in [4.69, 9.17) is 0 Å². The largest absolute Gasteiger partial charge is 0.481 e. The van der Waals surface area contributed by atoms with E-state index in [9.17, 15) is 23.1 Å². The quantitative estimate of drug-likeness (QED) is 0.739. The molecule has 28 heavy (non-hydrogen) atoms. The van der Waals surface area contributed by atoms with Gasteiger partial charge in [0.1, 0.15) is 0 Å². The van der Waals surface area contributed by atoms with Crippen LogP contribution < -0.4 is 5.32 Å². The van der Waals surface area contributed by atoms with Gasteiger partial charge in [-0.15, -0.1) is 0 Å². The molecule has 1 spiro atoms. The van der Waals surface area contributed by atoms with Crippen LogP contribution in [-0.2, 0) is 4.79 Å². The summed E-state index contributed by atoms with van der Waals surface area (Å²) < 4.78 is 37.8. The van der Waals surface area contributed by atoms with Crippen LogP contribution in [0.15, 0.2) is 0 Å². The number of hydrogen-bond donors (Lipinski definition) is 2. The first-order chi connectivity index (χ1) is 13.2. The Bertz CT molecular complexity index is 572. The first kappa shape index (κ1) is 20.4. The highest BCUT2D eigenvalue weighted by atomic mass is 19.4. The molecule has 1 aliphatic carbocycles. The highest BCUT2D eigenvalue weighted by molar-refractivity contribution is 5.71. The molecule has 3 heterocycles. The van der Waals surface area contributed by atoms with Gasteiger partial charge >= 0.3 is 12.1 Å². The lowest BCUT2D eigenvalue weighted by atomic mass is 9.69. The van der Waals surface area contributed by atoms with Crippen LogP contribution >= 0.6 is 0 Å². The van der Waals surface area contributed by atoms with Crippen molar-refractivity contribution in [2.24, 2.45) is 11.8 Å².